The van der Waals surface area contributed by atoms with Crippen molar-refractivity contribution in [1.29, 1.82) is 0 Å². The van der Waals surface area contributed by atoms with E-state index in [2.05, 4.69) is 14.1 Å². The van der Waals surface area contributed by atoms with Crippen LogP contribution in [0.5, 0.6) is 0 Å². The first-order chi connectivity index (χ1) is 11.6. The highest BCUT2D eigenvalue weighted by Crippen LogP contribution is 2.13. The molecule has 0 spiro atoms. The molecule has 0 saturated heterocycles. The van der Waals surface area contributed by atoms with Gasteiger partial charge in [-0.2, -0.15) is 8.75 Å². The molecule has 0 aliphatic rings. The number of amides is 1. The lowest BCUT2D eigenvalue weighted by Gasteiger charge is -2.13. The van der Waals surface area contributed by atoms with Crippen molar-refractivity contribution in [1.82, 2.24) is 14.1 Å². The van der Waals surface area contributed by atoms with Gasteiger partial charge in [0.15, 0.2) is 0 Å². The summed E-state index contributed by atoms with van der Waals surface area (Å²) in [6, 6.07) is 13.7. The first-order valence-corrected chi connectivity index (χ1v) is 8.10. The van der Waals surface area contributed by atoms with Gasteiger partial charge >= 0.3 is 5.97 Å². The second-order valence-electron chi connectivity index (χ2n) is 5.26. The quantitative estimate of drug-likeness (QED) is 0.721. The predicted molar refractivity (Wildman–Crippen MR) is 90.6 cm³/mol. The van der Waals surface area contributed by atoms with E-state index in [0.717, 1.165) is 22.8 Å². The van der Waals surface area contributed by atoms with Crippen LogP contribution in [0.15, 0.2) is 48.5 Å². The topological polar surface area (TPSA) is 81.2 Å². The molecule has 6 nitrogen and oxygen atoms in total. The van der Waals surface area contributed by atoms with Gasteiger partial charge in [0, 0.05) is 5.56 Å². The smallest absolute Gasteiger partial charge is 0.328 e. The number of nitrogens with zero attached hydrogens (tertiary/aromatic N) is 2. The van der Waals surface area contributed by atoms with Crippen LogP contribution < -0.4 is 5.32 Å². The predicted octanol–water partition coefficient (Wildman–Crippen LogP) is 2.55. The normalized spacial score (nSPS) is 11.9. The highest BCUT2D eigenvalue weighted by atomic mass is 32.1. The zero-order valence-corrected chi connectivity index (χ0v) is 13.7. The summed E-state index contributed by atoms with van der Waals surface area (Å²) in [4.78, 5) is 24.2. The number of rotatable bonds is 5. The fourth-order valence-corrected chi connectivity index (χ4v) is 2.63. The van der Waals surface area contributed by atoms with Gasteiger partial charge in [0.05, 0.1) is 11.7 Å². The number of benzene rings is 2. The first-order valence-electron chi connectivity index (χ1n) is 7.37. The zero-order chi connectivity index (χ0) is 16.9. The van der Waals surface area contributed by atoms with Crippen molar-refractivity contribution >= 4 is 34.6 Å². The van der Waals surface area contributed by atoms with Crippen LogP contribution in [-0.4, -0.2) is 26.7 Å². The fraction of sp³-hybridized carbons (Fsp3) is 0.176. The maximum absolute atomic E-state index is 12.2. The summed E-state index contributed by atoms with van der Waals surface area (Å²) >= 11 is 1.09. The second kappa shape index (κ2) is 7.18. The molecule has 1 amide bonds. The Morgan fingerprint density at radius 2 is 1.88 bits per heavy atom. The number of fused-ring (bicyclic) bond motifs is 1. The maximum atomic E-state index is 12.2. The van der Waals surface area contributed by atoms with Crippen LogP contribution >= 0.6 is 11.7 Å². The summed E-state index contributed by atoms with van der Waals surface area (Å²) in [7, 11) is 0. The molecule has 1 heterocycles. The van der Waals surface area contributed by atoms with Gasteiger partial charge in [-0.25, -0.2) is 4.79 Å². The molecule has 0 fully saturated rings. The van der Waals surface area contributed by atoms with E-state index in [1.54, 1.807) is 25.1 Å². The Kier molecular flexibility index (Phi) is 4.81. The molecule has 0 saturated carbocycles. The standard InChI is InChI=1S/C17H15N3O3S/c1-11(17(22)23-10-12-5-3-2-4-6-12)18-16(21)13-7-8-14-15(9-13)20-24-19-14/h2-9,11H,10H2,1H3,(H,18,21)/t11-/m1/s1. The third-order valence-corrected chi connectivity index (χ3v) is 4.00. The van der Waals surface area contributed by atoms with E-state index in [0.29, 0.717) is 11.1 Å². The lowest BCUT2D eigenvalue weighted by molar-refractivity contribution is -0.146. The summed E-state index contributed by atoms with van der Waals surface area (Å²) < 4.78 is 13.4. The van der Waals surface area contributed by atoms with Gasteiger partial charge in [-0.05, 0) is 30.7 Å². The number of nitrogens with one attached hydrogen (secondary N) is 1. The van der Waals surface area contributed by atoms with Crippen molar-refractivity contribution in [3.05, 3.63) is 59.7 Å². The molecule has 3 rings (SSSR count). The van der Waals surface area contributed by atoms with Gasteiger partial charge in [0.1, 0.15) is 23.7 Å². The van der Waals surface area contributed by atoms with Crippen LogP contribution in [0.2, 0.25) is 0 Å². The van der Waals surface area contributed by atoms with Gasteiger partial charge < -0.3 is 10.1 Å². The summed E-state index contributed by atoms with van der Waals surface area (Å²) in [6.07, 6.45) is 0. The van der Waals surface area contributed by atoms with Crippen LogP contribution in [0, 0.1) is 0 Å². The van der Waals surface area contributed by atoms with Crippen molar-refractivity contribution in [2.24, 2.45) is 0 Å². The Labute approximate surface area is 142 Å². The number of carbonyl (C=O) groups excluding carboxylic acids is 2. The summed E-state index contributed by atoms with van der Waals surface area (Å²) in [5.74, 6) is -0.835. The molecule has 2 aromatic carbocycles. The van der Waals surface area contributed by atoms with E-state index < -0.39 is 12.0 Å². The molecule has 7 heteroatoms. The number of hydrogen-bond acceptors (Lipinski definition) is 6. The molecule has 0 aliphatic carbocycles. The molecular formula is C17H15N3O3S. The Morgan fingerprint density at radius 1 is 1.12 bits per heavy atom. The molecular weight excluding hydrogens is 326 g/mol. The van der Waals surface area contributed by atoms with Gasteiger partial charge in [0.25, 0.3) is 5.91 Å². The van der Waals surface area contributed by atoms with Gasteiger partial charge in [-0.15, -0.1) is 0 Å². The Hall–Kier alpha value is -2.80. The van der Waals surface area contributed by atoms with Crippen molar-refractivity contribution in [3.8, 4) is 0 Å². The van der Waals surface area contributed by atoms with Crippen molar-refractivity contribution in [2.45, 2.75) is 19.6 Å². The van der Waals surface area contributed by atoms with Crippen molar-refractivity contribution < 1.29 is 14.3 Å². The number of aromatic nitrogens is 2. The lowest BCUT2D eigenvalue weighted by Crippen LogP contribution is -2.39. The number of hydrogen-bond donors (Lipinski definition) is 1. The van der Waals surface area contributed by atoms with Crippen LogP contribution in [0.1, 0.15) is 22.8 Å². The zero-order valence-electron chi connectivity index (χ0n) is 12.9. The van der Waals surface area contributed by atoms with E-state index in [4.69, 9.17) is 4.74 Å². The molecule has 0 radical (unpaired) electrons. The van der Waals surface area contributed by atoms with Crippen LogP contribution in [-0.2, 0) is 16.1 Å². The second-order valence-corrected chi connectivity index (χ2v) is 5.78. The van der Waals surface area contributed by atoms with E-state index in [1.165, 1.54) is 0 Å². The molecule has 1 atom stereocenters. The molecule has 0 unspecified atom stereocenters. The monoisotopic (exact) mass is 341 g/mol. The van der Waals surface area contributed by atoms with Crippen LogP contribution in [0.25, 0.3) is 11.0 Å². The molecule has 1 N–H and O–H groups in total. The number of ether oxygens (including phenoxy) is 1. The van der Waals surface area contributed by atoms with Crippen molar-refractivity contribution in [2.75, 3.05) is 0 Å². The van der Waals surface area contributed by atoms with Crippen LogP contribution in [0.4, 0.5) is 0 Å². The fourth-order valence-electron chi connectivity index (χ4n) is 2.12. The summed E-state index contributed by atoms with van der Waals surface area (Å²) in [6.45, 7) is 1.77. The van der Waals surface area contributed by atoms with Gasteiger partial charge in [-0.3, -0.25) is 4.79 Å². The molecule has 0 bridgehead atoms. The SMILES string of the molecule is C[C@@H](NC(=O)c1ccc2nsnc2c1)C(=O)OCc1ccccc1. The Bertz CT molecular complexity index is 864. The molecule has 0 aliphatic heterocycles. The van der Waals surface area contributed by atoms with E-state index in [9.17, 15) is 9.59 Å². The average molecular weight is 341 g/mol. The minimum absolute atomic E-state index is 0.177. The highest BCUT2D eigenvalue weighted by molar-refractivity contribution is 7.00. The summed E-state index contributed by atoms with van der Waals surface area (Å²) in [5.41, 5.74) is 2.72. The lowest BCUT2D eigenvalue weighted by atomic mass is 10.1. The third kappa shape index (κ3) is 3.75. The van der Waals surface area contributed by atoms with E-state index >= 15 is 0 Å². The highest BCUT2D eigenvalue weighted by Gasteiger charge is 2.18. The van der Waals surface area contributed by atoms with Crippen LogP contribution in [0.3, 0.4) is 0 Å². The molecule has 3 aromatic rings. The summed E-state index contributed by atoms with van der Waals surface area (Å²) in [5, 5.41) is 2.63. The van der Waals surface area contributed by atoms with Gasteiger partial charge in [-0.1, -0.05) is 30.3 Å². The third-order valence-electron chi connectivity index (χ3n) is 3.44. The van der Waals surface area contributed by atoms with Gasteiger partial charge in [0.2, 0.25) is 0 Å². The minimum Gasteiger partial charge on any atom is -0.459 e. The Morgan fingerprint density at radius 3 is 2.67 bits per heavy atom. The van der Waals surface area contributed by atoms with Crippen molar-refractivity contribution in [3.63, 3.8) is 0 Å². The molecule has 24 heavy (non-hydrogen) atoms. The average Bonchev–Trinajstić information content (AvgIpc) is 3.08. The number of carbonyl (C=O) groups is 2. The Balaban J connectivity index is 1.57. The number of esters is 1. The van der Waals surface area contributed by atoms with E-state index in [1.807, 2.05) is 30.3 Å². The molecule has 122 valence electrons. The maximum Gasteiger partial charge on any atom is 0.328 e. The van der Waals surface area contributed by atoms with E-state index in [-0.39, 0.29) is 12.5 Å². The largest absolute Gasteiger partial charge is 0.459 e. The molecule has 1 aromatic heterocycles. The first kappa shape index (κ1) is 16.1. The minimum atomic E-state index is -0.745.